The van der Waals surface area contributed by atoms with E-state index in [0.29, 0.717) is 6.42 Å². The Balaban J connectivity index is 2.94. The number of anilines is 1. The standard InChI is InChI=1S/C11H12BrF2NO2/c1-3-9(11(16)17-2)15-10-5-7(13)6(12)4-8(10)14/h4-5,9,15H,3H2,1-2H3. The van der Waals surface area contributed by atoms with E-state index in [9.17, 15) is 13.6 Å². The summed E-state index contributed by atoms with van der Waals surface area (Å²) in [4.78, 5) is 11.3. The molecule has 0 fully saturated rings. The summed E-state index contributed by atoms with van der Waals surface area (Å²) in [6, 6.07) is 1.29. The van der Waals surface area contributed by atoms with Crippen molar-refractivity contribution in [2.24, 2.45) is 0 Å². The lowest BCUT2D eigenvalue weighted by molar-refractivity contribution is -0.141. The molecule has 1 rings (SSSR count). The van der Waals surface area contributed by atoms with Crippen LogP contribution in [-0.4, -0.2) is 19.1 Å². The Morgan fingerprint density at radius 2 is 2.12 bits per heavy atom. The van der Waals surface area contributed by atoms with Crippen LogP contribution in [0.25, 0.3) is 0 Å². The summed E-state index contributed by atoms with van der Waals surface area (Å²) in [5.74, 6) is -1.76. The van der Waals surface area contributed by atoms with E-state index in [4.69, 9.17) is 0 Å². The predicted octanol–water partition coefficient (Wildman–Crippen LogP) is 3.09. The zero-order chi connectivity index (χ0) is 13.0. The summed E-state index contributed by atoms with van der Waals surface area (Å²) in [5, 5.41) is 2.61. The summed E-state index contributed by atoms with van der Waals surface area (Å²) >= 11 is 2.87. The molecule has 1 atom stereocenters. The number of esters is 1. The second kappa shape index (κ2) is 5.95. The summed E-state index contributed by atoms with van der Waals surface area (Å²) in [5.41, 5.74) is -0.0667. The van der Waals surface area contributed by atoms with Crippen molar-refractivity contribution >= 4 is 27.6 Å². The maximum Gasteiger partial charge on any atom is 0.328 e. The maximum atomic E-state index is 13.5. The van der Waals surface area contributed by atoms with Gasteiger partial charge in [-0.05, 0) is 28.4 Å². The van der Waals surface area contributed by atoms with Crippen molar-refractivity contribution < 1.29 is 18.3 Å². The lowest BCUT2D eigenvalue weighted by Crippen LogP contribution is -2.30. The molecular weight excluding hydrogens is 296 g/mol. The number of nitrogens with one attached hydrogen (secondary N) is 1. The highest BCUT2D eigenvalue weighted by atomic mass is 79.9. The number of hydrogen-bond acceptors (Lipinski definition) is 3. The lowest BCUT2D eigenvalue weighted by Gasteiger charge is -2.16. The molecule has 6 heteroatoms. The van der Waals surface area contributed by atoms with Crippen molar-refractivity contribution in [3.63, 3.8) is 0 Å². The highest BCUT2D eigenvalue weighted by molar-refractivity contribution is 9.10. The molecule has 3 nitrogen and oxygen atoms in total. The van der Waals surface area contributed by atoms with Gasteiger partial charge in [0.15, 0.2) is 0 Å². The third-order valence-electron chi connectivity index (χ3n) is 2.23. The van der Waals surface area contributed by atoms with Crippen molar-refractivity contribution in [1.29, 1.82) is 0 Å². The molecule has 1 unspecified atom stereocenters. The van der Waals surface area contributed by atoms with Crippen LogP contribution in [0.1, 0.15) is 13.3 Å². The second-order valence-electron chi connectivity index (χ2n) is 3.37. The largest absolute Gasteiger partial charge is 0.467 e. The number of carbonyl (C=O) groups is 1. The SMILES string of the molecule is CCC(Nc1cc(F)c(Br)cc1F)C(=O)OC. The van der Waals surface area contributed by atoms with Crippen molar-refractivity contribution in [2.75, 3.05) is 12.4 Å². The fourth-order valence-electron chi connectivity index (χ4n) is 1.29. The van der Waals surface area contributed by atoms with Gasteiger partial charge in [0.05, 0.1) is 17.3 Å². The molecule has 0 saturated carbocycles. The topological polar surface area (TPSA) is 38.3 Å². The van der Waals surface area contributed by atoms with Gasteiger partial charge < -0.3 is 10.1 Å². The molecule has 1 aromatic carbocycles. The number of benzene rings is 1. The van der Waals surface area contributed by atoms with Crippen molar-refractivity contribution in [2.45, 2.75) is 19.4 Å². The van der Waals surface area contributed by atoms with Crippen LogP contribution in [0.15, 0.2) is 16.6 Å². The molecule has 0 saturated heterocycles. The molecule has 0 aliphatic heterocycles. The van der Waals surface area contributed by atoms with Crippen LogP contribution in [0, 0.1) is 11.6 Å². The monoisotopic (exact) mass is 307 g/mol. The maximum absolute atomic E-state index is 13.5. The molecule has 0 heterocycles. The number of rotatable bonds is 4. The Labute approximate surface area is 106 Å². The van der Waals surface area contributed by atoms with E-state index >= 15 is 0 Å². The quantitative estimate of drug-likeness (QED) is 0.686. The summed E-state index contributed by atoms with van der Waals surface area (Å²) in [7, 11) is 1.24. The molecule has 0 amide bonds. The number of halogens is 3. The van der Waals surface area contributed by atoms with Gasteiger partial charge in [0.1, 0.15) is 17.7 Å². The first-order chi connectivity index (χ1) is 7.99. The molecule has 0 aliphatic carbocycles. The fourth-order valence-corrected chi connectivity index (χ4v) is 1.61. The van der Waals surface area contributed by atoms with Gasteiger partial charge in [-0.2, -0.15) is 0 Å². The number of methoxy groups -OCH3 is 1. The molecule has 0 spiro atoms. The average molecular weight is 308 g/mol. The van der Waals surface area contributed by atoms with Crippen LogP contribution in [0.5, 0.6) is 0 Å². The molecule has 1 N–H and O–H groups in total. The molecule has 0 bridgehead atoms. The van der Waals surface area contributed by atoms with Gasteiger partial charge >= 0.3 is 5.97 Å². The normalized spacial score (nSPS) is 12.1. The Hall–Kier alpha value is -1.17. The van der Waals surface area contributed by atoms with Gasteiger partial charge in [-0.25, -0.2) is 13.6 Å². The third-order valence-corrected chi connectivity index (χ3v) is 2.84. The van der Waals surface area contributed by atoms with Gasteiger partial charge in [-0.1, -0.05) is 6.92 Å². The minimum absolute atomic E-state index is 0.0340. The van der Waals surface area contributed by atoms with Crippen LogP contribution in [0.3, 0.4) is 0 Å². The highest BCUT2D eigenvalue weighted by Crippen LogP contribution is 2.24. The Morgan fingerprint density at radius 1 is 1.47 bits per heavy atom. The molecule has 17 heavy (non-hydrogen) atoms. The molecule has 1 aromatic rings. The predicted molar refractivity (Wildman–Crippen MR) is 63.8 cm³/mol. The van der Waals surface area contributed by atoms with Gasteiger partial charge in [-0.15, -0.1) is 0 Å². The van der Waals surface area contributed by atoms with Crippen LogP contribution in [-0.2, 0) is 9.53 Å². The van der Waals surface area contributed by atoms with E-state index < -0.39 is 23.6 Å². The summed E-state index contributed by atoms with van der Waals surface area (Å²) in [6.45, 7) is 1.74. The molecular formula is C11H12BrF2NO2. The molecule has 0 radical (unpaired) electrons. The van der Waals surface area contributed by atoms with Crippen LogP contribution >= 0.6 is 15.9 Å². The average Bonchev–Trinajstić information content (AvgIpc) is 2.31. The highest BCUT2D eigenvalue weighted by Gasteiger charge is 2.19. The molecule has 94 valence electrons. The second-order valence-corrected chi connectivity index (χ2v) is 4.23. The first-order valence-electron chi connectivity index (χ1n) is 4.98. The first kappa shape index (κ1) is 13.9. The smallest absolute Gasteiger partial charge is 0.328 e. The van der Waals surface area contributed by atoms with Gasteiger partial charge in [0.2, 0.25) is 0 Å². The zero-order valence-electron chi connectivity index (χ0n) is 9.39. The van der Waals surface area contributed by atoms with Crippen molar-refractivity contribution in [1.82, 2.24) is 0 Å². The van der Waals surface area contributed by atoms with Crippen molar-refractivity contribution in [3.05, 3.63) is 28.2 Å². The van der Waals surface area contributed by atoms with Gasteiger partial charge in [0, 0.05) is 6.07 Å². The van der Waals surface area contributed by atoms with E-state index in [1.165, 1.54) is 7.11 Å². The minimum Gasteiger partial charge on any atom is -0.467 e. The Kier molecular flexibility index (Phi) is 4.86. The Bertz CT molecular complexity index is 426. The minimum atomic E-state index is -0.699. The molecule has 0 aliphatic rings. The van der Waals surface area contributed by atoms with E-state index in [1.807, 2.05) is 0 Å². The first-order valence-corrected chi connectivity index (χ1v) is 5.77. The Morgan fingerprint density at radius 3 is 2.65 bits per heavy atom. The van der Waals surface area contributed by atoms with Crippen LogP contribution < -0.4 is 5.32 Å². The fraction of sp³-hybridized carbons (Fsp3) is 0.364. The summed E-state index contributed by atoms with van der Waals surface area (Å²) < 4.78 is 31.3. The van der Waals surface area contributed by atoms with Crippen LogP contribution in [0.2, 0.25) is 0 Å². The lowest BCUT2D eigenvalue weighted by atomic mass is 10.2. The van der Waals surface area contributed by atoms with Crippen LogP contribution in [0.4, 0.5) is 14.5 Å². The van der Waals surface area contributed by atoms with E-state index in [1.54, 1.807) is 6.92 Å². The van der Waals surface area contributed by atoms with E-state index in [0.717, 1.165) is 12.1 Å². The van der Waals surface area contributed by atoms with E-state index in [2.05, 4.69) is 26.0 Å². The van der Waals surface area contributed by atoms with Gasteiger partial charge in [0.25, 0.3) is 0 Å². The van der Waals surface area contributed by atoms with E-state index in [-0.39, 0.29) is 10.2 Å². The molecule has 0 aromatic heterocycles. The zero-order valence-corrected chi connectivity index (χ0v) is 11.0. The van der Waals surface area contributed by atoms with Gasteiger partial charge in [-0.3, -0.25) is 0 Å². The summed E-state index contributed by atoms with van der Waals surface area (Å²) in [6.07, 6.45) is 0.407. The number of ether oxygens (including phenoxy) is 1. The third kappa shape index (κ3) is 3.39. The number of hydrogen-bond donors (Lipinski definition) is 1. The number of carbonyl (C=O) groups excluding carboxylic acids is 1. The van der Waals surface area contributed by atoms with Crippen molar-refractivity contribution in [3.8, 4) is 0 Å².